The van der Waals surface area contributed by atoms with Crippen LogP contribution in [0.15, 0.2) is 53.8 Å². The molecule has 0 spiro atoms. The second kappa shape index (κ2) is 10.4. The molecule has 176 valence electrons. The van der Waals surface area contributed by atoms with Crippen molar-refractivity contribution >= 4 is 45.3 Å². The molecular weight excluding hydrogens is 448 g/mol. The number of hydrogen-bond donors (Lipinski definition) is 1. The number of thioether (sulfide) groups is 1. The van der Waals surface area contributed by atoms with E-state index in [1.165, 1.54) is 0 Å². The molecule has 1 amide bonds. The van der Waals surface area contributed by atoms with Gasteiger partial charge in [-0.25, -0.2) is 14.6 Å². The van der Waals surface area contributed by atoms with Gasteiger partial charge in [-0.3, -0.25) is 4.79 Å². The number of amides is 1. The zero-order valence-corrected chi connectivity index (χ0v) is 20.1. The molecule has 0 saturated carbocycles. The van der Waals surface area contributed by atoms with Crippen molar-refractivity contribution in [2.45, 2.75) is 25.0 Å². The van der Waals surface area contributed by atoms with Crippen LogP contribution in [0.5, 0.6) is 0 Å². The minimum absolute atomic E-state index is 0.0870. The Labute approximate surface area is 202 Å². The number of hydrogen-bond acceptors (Lipinski definition) is 7. The van der Waals surface area contributed by atoms with Crippen LogP contribution in [-0.4, -0.2) is 64.3 Å². The molecule has 1 N–H and O–H groups in total. The van der Waals surface area contributed by atoms with Gasteiger partial charge < -0.3 is 15.0 Å². The Morgan fingerprint density at radius 2 is 1.91 bits per heavy atom. The molecule has 0 bridgehead atoms. The van der Waals surface area contributed by atoms with Gasteiger partial charge in [0, 0.05) is 31.0 Å². The van der Waals surface area contributed by atoms with Crippen molar-refractivity contribution in [3.05, 3.63) is 54.2 Å². The van der Waals surface area contributed by atoms with Crippen molar-refractivity contribution in [2.24, 2.45) is 0 Å². The third-order valence-corrected chi connectivity index (χ3v) is 6.90. The monoisotopic (exact) mass is 476 g/mol. The standard InChI is InChI=1S/C25H28N6O2S/c1-2-16-34-25-28-22(30-12-14-33-15-13-30)21-17-27-31(23(21)29-25)11-10-26-24(32)20-9-5-7-18-6-3-4-8-19(18)20/h3-9,17H,2,10-16H2,1H3,(H,26,32). The van der Waals surface area contributed by atoms with Crippen LogP contribution in [0.2, 0.25) is 0 Å². The Bertz CT molecular complexity index is 1300. The summed E-state index contributed by atoms with van der Waals surface area (Å²) in [7, 11) is 0. The van der Waals surface area contributed by atoms with Crippen LogP contribution in [-0.2, 0) is 11.3 Å². The van der Waals surface area contributed by atoms with E-state index >= 15 is 0 Å². The maximum Gasteiger partial charge on any atom is 0.251 e. The van der Waals surface area contributed by atoms with E-state index in [1.54, 1.807) is 11.8 Å². The van der Waals surface area contributed by atoms with Crippen molar-refractivity contribution < 1.29 is 9.53 Å². The molecule has 5 rings (SSSR count). The van der Waals surface area contributed by atoms with Gasteiger partial charge in [0.2, 0.25) is 0 Å². The second-order valence-corrected chi connectivity index (χ2v) is 9.23. The van der Waals surface area contributed by atoms with E-state index in [1.807, 2.05) is 53.3 Å². The lowest BCUT2D eigenvalue weighted by Gasteiger charge is -2.28. The van der Waals surface area contributed by atoms with Gasteiger partial charge in [0.1, 0.15) is 5.82 Å². The van der Waals surface area contributed by atoms with Crippen LogP contribution in [0.4, 0.5) is 5.82 Å². The minimum Gasteiger partial charge on any atom is -0.378 e. The molecule has 2 aromatic carbocycles. The average Bonchev–Trinajstić information content (AvgIpc) is 3.30. The summed E-state index contributed by atoms with van der Waals surface area (Å²) in [6.45, 7) is 6.11. The lowest BCUT2D eigenvalue weighted by atomic mass is 10.0. The topological polar surface area (TPSA) is 85.2 Å². The molecule has 1 aliphatic heterocycles. The molecule has 2 aromatic heterocycles. The Kier molecular flexibility index (Phi) is 6.92. The molecule has 0 unspecified atom stereocenters. The van der Waals surface area contributed by atoms with Crippen molar-refractivity contribution in [3.63, 3.8) is 0 Å². The summed E-state index contributed by atoms with van der Waals surface area (Å²) < 4.78 is 7.38. The van der Waals surface area contributed by atoms with Crippen molar-refractivity contribution in [2.75, 3.05) is 43.5 Å². The maximum absolute atomic E-state index is 12.9. The first-order valence-electron chi connectivity index (χ1n) is 11.7. The van der Waals surface area contributed by atoms with Crippen LogP contribution >= 0.6 is 11.8 Å². The van der Waals surface area contributed by atoms with Crippen LogP contribution in [0, 0.1) is 0 Å². The number of carbonyl (C=O) groups is 1. The predicted octanol–water partition coefficient (Wildman–Crippen LogP) is 3.75. The molecule has 34 heavy (non-hydrogen) atoms. The lowest BCUT2D eigenvalue weighted by Crippen LogP contribution is -2.37. The number of aromatic nitrogens is 4. The fraction of sp³-hybridized carbons (Fsp3) is 0.360. The first kappa shape index (κ1) is 22.6. The predicted molar refractivity (Wildman–Crippen MR) is 136 cm³/mol. The third-order valence-electron chi connectivity index (χ3n) is 5.84. The first-order chi connectivity index (χ1) is 16.7. The number of carbonyl (C=O) groups excluding carboxylic acids is 1. The van der Waals surface area contributed by atoms with Gasteiger partial charge in [-0.15, -0.1) is 0 Å². The van der Waals surface area contributed by atoms with E-state index in [4.69, 9.17) is 14.7 Å². The minimum atomic E-state index is -0.0870. The highest BCUT2D eigenvalue weighted by molar-refractivity contribution is 7.99. The SMILES string of the molecule is CCCSc1nc(N2CCOCC2)c2cnn(CCNC(=O)c3cccc4ccccc34)c2n1. The number of rotatable bonds is 8. The van der Waals surface area contributed by atoms with Gasteiger partial charge in [0.25, 0.3) is 5.91 Å². The smallest absolute Gasteiger partial charge is 0.251 e. The maximum atomic E-state index is 12.9. The Balaban J connectivity index is 1.35. The fourth-order valence-electron chi connectivity index (χ4n) is 4.15. The largest absolute Gasteiger partial charge is 0.378 e. The summed E-state index contributed by atoms with van der Waals surface area (Å²) in [5.74, 6) is 1.79. The van der Waals surface area contributed by atoms with Crippen LogP contribution in [0.25, 0.3) is 21.8 Å². The molecule has 9 heteroatoms. The van der Waals surface area contributed by atoms with Gasteiger partial charge in [-0.1, -0.05) is 55.1 Å². The number of anilines is 1. The van der Waals surface area contributed by atoms with Gasteiger partial charge in [0.15, 0.2) is 10.8 Å². The third kappa shape index (κ3) is 4.71. The van der Waals surface area contributed by atoms with E-state index in [-0.39, 0.29) is 5.91 Å². The van der Waals surface area contributed by atoms with E-state index in [9.17, 15) is 4.79 Å². The molecule has 1 fully saturated rings. The number of nitrogens with one attached hydrogen (secondary N) is 1. The van der Waals surface area contributed by atoms with E-state index in [0.29, 0.717) is 31.9 Å². The average molecular weight is 477 g/mol. The highest BCUT2D eigenvalue weighted by Gasteiger charge is 2.20. The number of ether oxygens (including phenoxy) is 1. The highest BCUT2D eigenvalue weighted by Crippen LogP contribution is 2.28. The van der Waals surface area contributed by atoms with Gasteiger partial charge in [0.05, 0.1) is 31.3 Å². The van der Waals surface area contributed by atoms with Crippen LogP contribution in [0.1, 0.15) is 23.7 Å². The van der Waals surface area contributed by atoms with Gasteiger partial charge in [-0.2, -0.15) is 5.10 Å². The first-order valence-corrected chi connectivity index (χ1v) is 12.7. The second-order valence-electron chi connectivity index (χ2n) is 8.17. The molecule has 4 aromatic rings. The van der Waals surface area contributed by atoms with E-state index in [2.05, 4.69) is 22.2 Å². The summed E-state index contributed by atoms with van der Waals surface area (Å²) >= 11 is 1.66. The number of nitrogens with zero attached hydrogens (tertiary/aromatic N) is 5. The number of fused-ring (bicyclic) bond motifs is 2. The molecule has 8 nitrogen and oxygen atoms in total. The molecular formula is C25H28N6O2S. The van der Waals surface area contributed by atoms with E-state index < -0.39 is 0 Å². The molecule has 3 heterocycles. The van der Waals surface area contributed by atoms with Crippen molar-refractivity contribution in [3.8, 4) is 0 Å². The Hall–Kier alpha value is -3.17. The molecule has 0 aliphatic carbocycles. The Morgan fingerprint density at radius 3 is 2.76 bits per heavy atom. The highest BCUT2D eigenvalue weighted by atomic mass is 32.2. The summed E-state index contributed by atoms with van der Waals surface area (Å²) in [5.41, 5.74) is 1.48. The van der Waals surface area contributed by atoms with Crippen molar-refractivity contribution in [1.82, 2.24) is 25.1 Å². The summed E-state index contributed by atoms with van der Waals surface area (Å²) in [4.78, 5) is 24.8. The molecule has 1 aliphatic rings. The summed E-state index contributed by atoms with van der Waals surface area (Å²) in [6, 6.07) is 13.7. The van der Waals surface area contributed by atoms with Gasteiger partial charge in [-0.05, 0) is 23.3 Å². The quantitative estimate of drug-likeness (QED) is 0.306. The molecule has 0 atom stereocenters. The zero-order valence-electron chi connectivity index (χ0n) is 19.2. The fourth-order valence-corrected chi connectivity index (χ4v) is 4.84. The lowest BCUT2D eigenvalue weighted by molar-refractivity contribution is 0.0953. The number of morpholine rings is 1. The molecule has 1 saturated heterocycles. The molecule has 0 radical (unpaired) electrons. The zero-order chi connectivity index (χ0) is 23.3. The number of benzene rings is 2. The van der Waals surface area contributed by atoms with Gasteiger partial charge >= 0.3 is 0 Å². The van der Waals surface area contributed by atoms with Crippen molar-refractivity contribution in [1.29, 1.82) is 0 Å². The summed E-state index contributed by atoms with van der Waals surface area (Å²) in [5, 5.41) is 11.3. The normalized spacial score (nSPS) is 14.1. The van der Waals surface area contributed by atoms with Crippen LogP contribution in [0.3, 0.4) is 0 Å². The van der Waals surface area contributed by atoms with E-state index in [0.717, 1.165) is 58.0 Å². The van der Waals surface area contributed by atoms with Crippen LogP contribution < -0.4 is 10.2 Å². The Morgan fingerprint density at radius 1 is 1.09 bits per heavy atom. The summed E-state index contributed by atoms with van der Waals surface area (Å²) in [6.07, 6.45) is 2.89.